The number of rotatable bonds is 5. The van der Waals surface area contributed by atoms with Crippen molar-refractivity contribution < 1.29 is 14.7 Å². The lowest BCUT2D eigenvalue weighted by molar-refractivity contribution is -0.146. The van der Waals surface area contributed by atoms with Crippen molar-refractivity contribution in [2.24, 2.45) is 23.7 Å². The zero-order valence-corrected chi connectivity index (χ0v) is 10.8. The highest BCUT2D eigenvalue weighted by Crippen LogP contribution is 2.30. The number of aliphatic carboxylic acids is 1. The number of carboxylic acid groups (broad SMARTS) is 1. The van der Waals surface area contributed by atoms with E-state index in [4.69, 9.17) is 0 Å². The first-order chi connectivity index (χ1) is 7.91. The normalized spacial score (nSPS) is 27.5. The fourth-order valence-electron chi connectivity index (χ4n) is 2.34. The highest BCUT2D eigenvalue weighted by molar-refractivity contribution is 5.84. The van der Waals surface area contributed by atoms with Crippen molar-refractivity contribution in [1.82, 2.24) is 0 Å². The van der Waals surface area contributed by atoms with Gasteiger partial charge in [0.2, 0.25) is 0 Å². The van der Waals surface area contributed by atoms with Gasteiger partial charge in [-0.15, -0.1) is 0 Å². The molecule has 0 fully saturated rings. The maximum absolute atomic E-state index is 11.3. The first kappa shape index (κ1) is 13.9. The summed E-state index contributed by atoms with van der Waals surface area (Å²) in [7, 11) is 0. The van der Waals surface area contributed by atoms with E-state index in [0.29, 0.717) is 18.3 Å². The summed E-state index contributed by atoms with van der Waals surface area (Å²) in [5.74, 6) is -0.907. The van der Waals surface area contributed by atoms with Gasteiger partial charge in [0, 0.05) is 5.92 Å². The van der Waals surface area contributed by atoms with E-state index < -0.39 is 11.9 Å². The Labute approximate surface area is 103 Å². The van der Waals surface area contributed by atoms with Crippen LogP contribution < -0.4 is 0 Å². The van der Waals surface area contributed by atoms with Gasteiger partial charge in [0.1, 0.15) is 5.78 Å². The Morgan fingerprint density at radius 2 is 2.00 bits per heavy atom. The van der Waals surface area contributed by atoms with Crippen molar-refractivity contribution in [3.63, 3.8) is 0 Å². The van der Waals surface area contributed by atoms with Gasteiger partial charge in [-0.2, -0.15) is 0 Å². The summed E-state index contributed by atoms with van der Waals surface area (Å²) in [6, 6.07) is 0. The molecule has 1 rings (SSSR count). The van der Waals surface area contributed by atoms with Crippen LogP contribution >= 0.6 is 0 Å². The lowest BCUT2D eigenvalue weighted by Gasteiger charge is -2.25. The van der Waals surface area contributed by atoms with Crippen LogP contribution in [0.25, 0.3) is 0 Å². The SMILES string of the molecule is CC(=O)C(C)C(CC1C=CC(C)CC1)C(=O)O. The summed E-state index contributed by atoms with van der Waals surface area (Å²) < 4.78 is 0. The molecule has 0 spiro atoms. The van der Waals surface area contributed by atoms with Crippen LogP contribution in [-0.4, -0.2) is 16.9 Å². The zero-order valence-electron chi connectivity index (χ0n) is 10.8. The minimum atomic E-state index is -0.847. The molecular formula is C14H22O3. The molecule has 1 aliphatic carbocycles. The Bertz CT molecular complexity index is 319. The second kappa shape index (κ2) is 5.99. The number of carbonyl (C=O) groups is 2. The number of carboxylic acids is 1. The molecule has 0 aromatic carbocycles. The van der Waals surface area contributed by atoms with Gasteiger partial charge in [-0.1, -0.05) is 26.0 Å². The number of ketones is 1. The molecule has 1 N–H and O–H groups in total. The van der Waals surface area contributed by atoms with Gasteiger partial charge in [-0.3, -0.25) is 9.59 Å². The van der Waals surface area contributed by atoms with Crippen molar-refractivity contribution in [1.29, 1.82) is 0 Å². The van der Waals surface area contributed by atoms with E-state index in [1.807, 2.05) is 0 Å². The third kappa shape index (κ3) is 3.99. The predicted octanol–water partition coefficient (Wildman–Crippen LogP) is 2.90. The summed E-state index contributed by atoms with van der Waals surface area (Å²) in [5, 5.41) is 9.20. The molecule has 0 aromatic rings. The summed E-state index contributed by atoms with van der Waals surface area (Å²) in [5.41, 5.74) is 0. The number of hydrogen-bond acceptors (Lipinski definition) is 2. The first-order valence-corrected chi connectivity index (χ1v) is 6.33. The Hall–Kier alpha value is -1.12. The molecule has 0 saturated heterocycles. The molecule has 1 aliphatic rings. The summed E-state index contributed by atoms with van der Waals surface area (Å²) in [4.78, 5) is 22.5. The van der Waals surface area contributed by atoms with Gasteiger partial charge in [-0.25, -0.2) is 0 Å². The van der Waals surface area contributed by atoms with E-state index in [1.54, 1.807) is 6.92 Å². The lowest BCUT2D eigenvalue weighted by atomic mass is 9.79. The quantitative estimate of drug-likeness (QED) is 0.749. The summed E-state index contributed by atoms with van der Waals surface area (Å²) in [6.07, 6.45) is 7.01. The molecular weight excluding hydrogens is 216 g/mol. The van der Waals surface area contributed by atoms with Crippen molar-refractivity contribution in [2.75, 3.05) is 0 Å². The third-order valence-electron chi connectivity index (χ3n) is 3.82. The molecule has 0 bridgehead atoms. The van der Waals surface area contributed by atoms with Gasteiger partial charge in [-0.05, 0) is 38.0 Å². The molecule has 0 aromatic heterocycles. The van der Waals surface area contributed by atoms with E-state index in [9.17, 15) is 14.7 Å². The van der Waals surface area contributed by atoms with Crippen LogP contribution in [0.4, 0.5) is 0 Å². The van der Waals surface area contributed by atoms with Gasteiger partial charge >= 0.3 is 5.97 Å². The van der Waals surface area contributed by atoms with Crippen molar-refractivity contribution in [3.05, 3.63) is 12.2 Å². The van der Waals surface area contributed by atoms with Gasteiger partial charge in [0.15, 0.2) is 0 Å². The lowest BCUT2D eigenvalue weighted by Crippen LogP contribution is -2.28. The average Bonchev–Trinajstić information content (AvgIpc) is 2.26. The predicted molar refractivity (Wildman–Crippen MR) is 66.6 cm³/mol. The molecule has 96 valence electrons. The van der Waals surface area contributed by atoms with E-state index in [2.05, 4.69) is 19.1 Å². The van der Waals surface area contributed by atoms with Crippen LogP contribution in [0.5, 0.6) is 0 Å². The monoisotopic (exact) mass is 238 g/mol. The van der Waals surface area contributed by atoms with Gasteiger partial charge in [0.05, 0.1) is 5.92 Å². The fraction of sp³-hybridized carbons (Fsp3) is 0.714. The first-order valence-electron chi connectivity index (χ1n) is 6.33. The highest BCUT2D eigenvalue weighted by Gasteiger charge is 2.30. The molecule has 3 heteroatoms. The Morgan fingerprint density at radius 1 is 1.35 bits per heavy atom. The van der Waals surface area contributed by atoms with Crippen LogP contribution in [0.1, 0.15) is 40.0 Å². The minimum Gasteiger partial charge on any atom is -0.481 e. The van der Waals surface area contributed by atoms with Crippen LogP contribution in [0.15, 0.2) is 12.2 Å². The van der Waals surface area contributed by atoms with E-state index in [0.717, 1.165) is 12.8 Å². The highest BCUT2D eigenvalue weighted by atomic mass is 16.4. The van der Waals surface area contributed by atoms with Crippen LogP contribution in [0, 0.1) is 23.7 Å². The van der Waals surface area contributed by atoms with Crippen molar-refractivity contribution in [2.45, 2.75) is 40.0 Å². The number of Topliss-reactive ketones (excluding diaryl/α,β-unsaturated/α-hetero) is 1. The fourth-order valence-corrected chi connectivity index (χ4v) is 2.34. The zero-order chi connectivity index (χ0) is 13.0. The molecule has 0 radical (unpaired) electrons. The summed E-state index contributed by atoms with van der Waals surface area (Å²) in [6.45, 7) is 5.36. The molecule has 4 atom stereocenters. The molecule has 0 heterocycles. The number of carbonyl (C=O) groups excluding carboxylic acids is 1. The Balaban J connectivity index is 2.65. The second-order valence-electron chi connectivity index (χ2n) is 5.28. The molecule has 0 saturated carbocycles. The maximum Gasteiger partial charge on any atom is 0.307 e. The standard InChI is InChI=1S/C14H22O3/c1-9-4-6-12(7-5-9)8-13(14(16)17)10(2)11(3)15/h4,6,9-10,12-13H,5,7-8H2,1-3H3,(H,16,17). The number of hydrogen-bond donors (Lipinski definition) is 1. The van der Waals surface area contributed by atoms with Crippen LogP contribution in [0.2, 0.25) is 0 Å². The smallest absolute Gasteiger partial charge is 0.307 e. The van der Waals surface area contributed by atoms with Crippen LogP contribution in [0.3, 0.4) is 0 Å². The third-order valence-corrected chi connectivity index (χ3v) is 3.82. The molecule has 4 unspecified atom stereocenters. The van der Waals surface area contributed by atoms with E-state index in [-0.39, 0.29) is 11.7 Å². The number of allylic oxidation sites excluding steroid dienone is 2. The van der Waals surface area contributed by atoms with Crippen molar-refractivity contribution >= 4 is 11.8 Å². The van der Waals surface area contributed by atoms with Gasteiger partial charge in [0.25, 0.3) is 0 Å². The molecule has 17 heavy (non-hydrogen) atoms. The summed E-state index contributed by atoms with van der Waals surface area (Å²) >= 11 is 0. The van der Waals surface area contributed by atoms with E-state index >= 15 is 0 Å². The molecule has 0 amide bonds. The average molecular weight is 238 g/mol. The Kier molecular flexibility index (Phi) is 4.91. The maximum atomic E-state index is 11.3. The minimum absolute atomic E-state index is 0.0365. The topological polar surface area (TPSA) is 54.4 Å². The Morgan fingerprint density at radius 3 is 2.41 bits per heavy atom. The van der Waals surface area contributed by atoms with Crippen LogP contribution in [-0.2, 0) is 9.59 Å². The van der Waals surface area contributed by atoms with Gasteiger partial charge < -0.3 is 5.11 Å². The second-order valence-corrected chi connectivity index (χ2v) is 5.28. The van der Waals surface area contributed by atoms with E-state index in [1.165, 1.54) is 6.92 Å². The largest absolute Gasteiger partial charge is 0.481 e. The molecule has 0 aliphatic heterocycles. The molecule has 3 nitrogen and oxygen atoms in total. The van der Waals surface area contributed by atoms with Crippen molar-refractivity contribution in [3.8, 4) is 0 Å².